The smallest absolute Gasteiger partial charge is 0.340 e. The number of carboxylic acids is 1. The highest BCUT2D eigenvalue weighted by atomic mass is 16.6. The molecule has 0 unspecified atom stereocenters. The highest BCUT2D eigenvalue weighted by Gasteiger charge is 2.24. The SMILES string of the molecule is CC(C)(C)OC(=O)c1ccc(-c2ccccc2[N+](=O)[O-])cc1NC(=O)c1cncc(-c2ccccc2)c1.O=C(Nc1cc(-c2ccccc2[N+](=O)[O-])ccc1C(=O)O)c1cncc(-c2ccccc2)c1. The number of rotatable bonds is 12. The summed E-state index contributed by atoms with van der Waals surface area (Å²) in [6.07, 6.45) is 6.10. The van der Waals surface area contributed by atoms with E-state index in [1.807, 2.05) is 60.7 Å². The molecule has 0 radical (unpaired) electrons. The van der Waals surface area contributed by atoms with Crippen molar-refractivity contribution in [3.05, 3.63) is 225 Å². The van der Waals surface area contributed by atoms with Crippen molar-refractivity contribution in [1.29, 1.82) is 0 Å². The van der Waals surface area contributed by atoms with E-state index in [-0.39, 0.29) is 45.0 Å². The minimum atomic E-state index is -1.24. The fraction of sp³-hybridized carbons (Fsp3) is 0.0741. The Morgan fingerprint density at radius 1 is 0.500 bits per heavy atom. The van der Waals surface area contributed by atoms with E-state index >= 15 is 0 Å². The highest BCUT2D eigenvalue weighted by molar-refractivity contribution is 6.10. The first kappa shape index (κ1) is 48.2. The van der Waals surface area contributed by atoms with Gasteiger partial charge in [-0.3, -0.25) is 39.8 Å². The fourth-order valence-electron chi connectivity index (χ4n) is 7.18. The van der Waals surface area contributed by atoms with Gasteiger partial charge >= 0.3 is 11.9 Å². The maximum absolute atomic E-state index is 13.3. The number of nitro groups is 2. The van der Waals surface area contributed by atoms with Gasteiger partial charge in [-0.15, -0.1) is 0 Å². The second-order valence-corrected chi connectivity index (χ2v) is 16.4. The average Bonchev–Trinajstić information content (AvgIpc) is 3.36. The number of nitrogens with one attached hydrogen (secondary N) is 2. The molecule has 0 saturated carbocycles. The van der Waals surface area contributed by atoms with E-state index in [1.165, 1.54) is 54.9 Å². The van der Waals surface area contributed by atoms with Gasteiger partial charge in [-0.25, -0.2) is 9.59 Å². The van der Waals surface area contributed by atoms with Gasteiger partial charge < -0.3 is 20.5 Å². The maximum Gasteiger partial charge on any atom is 0.340 e. The topological polar surface area (TPSA) is 234 Å². The summed E-state index contributed by atoms with van der Waals surface area (Å²) in [4.78, 5) is 81.2. The Balaban J connectivity index is 0.000000208. The molecule has 8 rings (SSSR count). The lowest BCUT2D eigenvalue weighted by molar-refractivity contribution is -0.384. The van der Waals surface area contributed by atoms with Crippen molar-refractivity contribution in [3.63, 3.8) is 0 Å². The van der Waals surface area contributed by atoms with E-state index in [2.05, 4.69) is 20.6 Å². The Bertz CT molecular complexity index is 3280. The van der Waals surface area contributed by atoms with Gasteiger partial charge in [-0.05, 0) is 91.6 Å². The monoisotopic (exact) mass is 934 g/mol. The molecule has 0 fully saturated rings. The van der Waals surface area contributed by atoms with E-state index in [4.69, 9.17) is 4.74 Å². The van der Waals surface area contributed by atoms with Crippen LogP contribution in [0.4, 0.5) is 22.7 Å². The Labute approximate surface area is 400 Å². The largest absolute Gasteiger partial charge is 0.478 e. The van der Waals surface area contributed by atoms with Crippen LogP contribution in [-0.4, -0.2) is 54.3 Å². The molecular formula is C54H42N6O10. The summed E-state index contributed by atoms with van der Waals surface area (Å²) >= 11 is 0. The molecule has 0 saturated heterocycles. The molecule has 0 atom stereocenters. The third kappa shape index (κ3) is 11.8. The molecule has 16 nitrogen and oxygen atoms in total. The third-order valence-electron chi connectivity index (χ3n) is 10.4. The number of carbonyl (C=O) groups is 4. The van der Waals surface area contributed by atoms with E-state index in [9.17, 15) is 44.5 Å². The standard InChI is InChI=1S/C29H25N3O5.C25H17N3O5/c1-29(2,3)37-28(34)24-14-13-20(23-11-7-8-12-26(23)32(35)36)16-25(24)31-27(33)22-15-21(17-30-18-22)19-9-5-4-6-10-19;29-24(19-12-18(14-26-15-19)16-6-2-1-3-7-16)27-22-13-17(10-11-21(22)25(30)31)20-8-4-5-9-23(20)28(32)33/h4-18H,1-3H3,(H,31,33);1-15H,(H,27,29)(H,30,31). The van der Waals surface area contributed by atoms with Crippen molar-refractivity contribution in [2.45, 2.75) is 26.4 Å². The number of aromatic carboxylic acids is 1. The summed E-state index contributed by atoms with van der Waals surface area (Å²) in [5, 5.41) is 38.0. The fourth-order valence-corrected chi connectivity index (χ4v) is 7.18. The molecule has 0 bridgehead atoms. The summed E-state index contributed by atoms with van der Waals surface area (Å²) in [5.74, 6) is -2.92. The summed E-state index contributed by atoms with van der Waals surface area (Å²) < 4.78 is 5.53. The second kappa shape index (κ2) is 21.3. The number of para-hydroxylation sites is 2. The molecule has 2 aromatic heterocycles. The van der Waals surface area contributed by atoms with E-state index < -0.39 is 39.2 Å². The molecule has 3 N–H and O–H groups in total. The van der Waals surface area contributed by atoms with E-state index in [1.54, 1.807) is 87.8 Å². The molecule has 16 heteroatoms. The van der Waals surface area contributed by atoms with Gasteiger partial charge in [0.15, 0.2) is 0 Å². The minimum absolute atomic E-state index is 0.0215. The van der Waals surface area contributed by atoms with Crippen molar-refractivity contribution >= 4 is 46.5 Å². The summed E-state index contributed by atoms with van der Waals surface area (Å²) in [6.45, 7) is 5.23. The molecular weight excluding hydrogens is 893 g/mol. The first-order valence-electron chi connectivity index (χ1n) is 21.4. The van der Waals surface area contributed by atoms with Gasteiger partial charge in [0.2, 0.25) is 0 Å². The lowest BCUT2D eigenvalue weighted by Crippen LogP contribution is -2.25. The van der Waals surface area contributed by atoms with Crippen molar-refractivity contribution in [2.75, 3.05) is 10.6 Å². The summed E-state index contributed by atoms with van der Waals surface area (Å²) in [7, 11) is 0. The Morgan fingerprint density at radius 2 is 0.900 bits per heavy atom. The van der Waals surface area contributed by atoms with Crippen LogP contribution in [-0.2, 0) is 4.74 Å². The van der Waals surface area contributed by atoms with Crippen LogP contribution in [0.3, 0.4) is 0 Å². The first-order chi connectivity index (χ1) is 33.6. The Kier molecular flexibility index (Phi) is 14.7. The zero-order valence-corrected chi connectivity index (χ0v) is 37.7. The van der Waals surface area contributed by atoms with Crippen LogP contribution >= 0.6 is 0 Å². The van der Waals surface area contributed by atoms with Gasteiger partial charge in [-0.2, -0.15) is 0 Å². The number of ether oxygens (including phenoxy) is 1. The number of amides is 2. The van der Waals surface area contributed by atoms with Gasteiger partial charge in [0, 0.05) is 48.0 Å². The molecule has 348 valence electrons. The molecule has 0 aliphatic rings. The zero-order valence-electron chi connectivity index (χ0n) is 37.7. The average molecular weight is 935 g/mol. The number of aromatic nitrogens is 2. The number of anilines is 2. The lowest BCUT2D eigenvalue weighted by atomic mass is 10.00. The van der Waals surface area contributed by atoms with Crippen LogP contribution in [0.15, 0.2) is 183 Å². The van der Waals surface area contributed by atoms with Crippen molar-refractivity contribution < 1.29 is 38.9 Å². The van der Waals surface area contributed by atoms with Crippen LogP contribution in [0.1, 0.15) is 62.2 Å². The molecule has 70 heavy (non-hydrogen) atoms. The molecule has 2 heterocycles. The summed E-state index contributed by atoms with van der Waals surface area (Å²) in [6, 6.07) is 43.5. The molecule has 0 aliphatic heterocycles. The number of benzene rings is 6. The van der Waals surface area contributed by atoms with Crippen LogP contribution < -0.4 is 10.6 Å². The number of nitrogens with zero attached hydrogens (tertiary/aromatic N) is 4. The lowest BCUT2D eigenvalue weighted by Gasteiger charge is -2.21. The van der Waals surface area contributed by atoms with Crippen LogP contribution in [0.5, 0.6) is 0 Å². The highest BCUT2D eigenvalue weighted by Crippen LogP contribution is 2.35. The number of pyridine rings is 2. The van der Waals surface area contributed by atoms with Gasteiger partial charge in [0.05, 0.1) is 54.6 Å². The number of hydrogen-bond acceptors (Lipinski definition) is 11. The van der Waals surface area contributed by atoms with Gasteiger partial charge in [0.25, 0.3) is 23.2 Å². The van der Waals surface area contributed by atoms with Crippen molar-refractivity contribution in [2.24, 2.45) is 0 Å². The zero-order chi connectivity index (χ0) is 50.0. The number of nitro benzene ring substituents is 2. The maximum atomic E-state index is 13.3. The second-order valence-electron chi connectivity index (χ2n) is 16.4. The van der Waals surface area contributed by atoms with Crippen LogP contribution in [0, 0.1) is 20.2 Å². The quantitative estimate of drug-likeness (QED) is 0.0589. The van der Waals surface area contributed by atoms with Crippen molar-refractivity contribution in [3.8, 4) is 44.5 Å². The molecule has 2 amide bonds. The molecule has 0 spiro atoms. The number of carboxylic acid groups (broad SMARTS) is 1. The third-order valence-corrected chi connectivity index (χ3v) is 10.4. The number of carbonyl (C=O) groups excluding carboxylic acids is 3. The Hall–Kier alpha value is -9.70. The van der Waals surface area contributed by atoms with Gasteiger partial charge in [0.1, 0.15) is 5.60 Å². The predicted molar refractivity (Wildman–Crippen MR) is 264 cm³/mol. The molecule has 8 aromatic rings. The molecule has 0 aliphatic carbocycles. The normalized spacial score (nSPS) is 10.7. The van der Waals surface area contributed by atoms with Crippen molar-refractivity contribution in [1.82, 2.24) is 9.97 Å². The van der Waals surface area contributed by atoms with Crippen LogP contribution in [0.25, 0.3) is 44.5 Å². The molecule has 6 aromatic carbocycles. The summed E-state index contributed by atoms with van der Waals surface area (Å²) in [5.41, 5.74) is 4.51. The Morgan fingerprint density at radius 3 is 1.31 bits per heavy atom. The van der Waals surface area contributed by atoms with E-state index in [0.717, 1.165) is 22.3 Å². The number of esters is 1. The minimum Gasteiger partial charge on any atom is -0.478 e. The van der Waals surface area contributed by atoms with Crippen LogP contribution in [0.2, 0.25) is 0 Å². The van der Waals surface area contributed by atoms with Gasteiger partial charge in [-0.1, -0.05) is 97.1 Å². The first-order valence-corrected chi connectivity index (χ1v) is 21.4. The number of hydrogen-bond donors (Lipinski definition) is 3. The van der Waals surface area contributed by atoms with E-state index in [0.29, 0.717) is 22.3 Å². The predicted octanol–water partition coefficient (Wildman–Crippen LogP) is 11.8.